The molecule has 227 valence electrons. The van der Waals surface area contributed by atoms with Crippen molar-refractivity contribution < 1.29 is 36.6 Å². The topological polar surface area (TPSA) is 180 Å². The monoisotopic (exact) mass is 659 g/mol. The number of fused-ring (bicyclic) bond motifs is 20. The number of hydrogen-bond acceptors (Lipinski definition) is 8. The summed E-state index contributed by atoms with van der Waals surface area (Å²) in [6, 6.07) is 24.3. The van der Waals surface area contributed by atoms with E-state index in [4.69, 9.17) is 39.9 Å². The van der Waals surface area contributed by atoms with Crippen molar-refractivity contribution in [3.8, 4) is 45.6 Å². The van der Waals surface area contributed by atoms with Crippen LogP contribution >= 0.6 is 0 Å². The molecule has 0 unspecified atom stereocenters. The minimum absolute atomic E-state index is 0. The zero-order valence-corrected chi connectivity index (χ0v) is 24.7. The molecule has 4 aromatic carbocycles. The maximum atomic E-state index is 11.9. The number of carbonyl (C=O) groups is 2. The fourth-order valence-corrected chi connectivity index (χ4v) is 5.83. The summed E-state index contributed by atoms with van der Waals surface area (Å²) in [6.45, 7) is 0. The van der Waals surface area contributed by atoms with E-state index < -0.39 is 11.9 Å². The molecule has 2 aliphatic heterocycles. The van der Waals surface area contributed by atoms with Crippen LogP contribution in [-0.2, 0) is 16.8 Å². The average Bonchev–Trinajstić information content (AvgIpc) is 3.79. The zero-order valence-electron chi connectivity index (χ0n) is 23.7. The second-order valence-electron chi connectivity index (χ2n) is 10.7. The van der Waals surface area contributed by atoms with E-state index in [0.717, 1.165) is 0 Å². The van der Waals surface area contributed by atoms with E-state index in [-0.39, 0.29) is 39.6 Å². The van der Waals surface area contributed by atoms with Gasteiger partial charge in [-0.15, -0.1) is 0 Å². The summed E-state index contributed by atoms with van der Waals surface area (Å²) < 4.78 is 0. The molecular weight excluding hydrogens is 643 g/mol. The van der Waals surface area contributed by atoms with Gasteiger partial charge in [-0.3, -0.25) is 0 Å². The molecular formula is C34H16CoN8O4-2. The standard InChI is InChI=1S/C34H18N8O4.Co/c43-33(44)15-9-11-21-23(13-15)32-40-28-20-8-4-2-6-18(20)26(36-28)38-30-22-12-10-16(34(45)46)14-24(22)31(42-30)39-27-19-7-3-1-5-17(19)25(35-27)37-29(21)41-32;/h1-14H,(H4,35,36,37,38,39,40,41,42,43,44,45,46);/p-2. The number of nitrogens with zero attached hydrogens (tertiary/aromatic N) is 8. The molecule has 47 heavy (non-hydrogen) atoms. The minimum Gasteiger partial charge on any atom is -0.478 e. The van der Waals surface area contributed by atoms with Crippen LogP contribution in [0, 0.1) is 0 Å². The van der Waals surface area contributed by atoms with Crippen LogP contribution in [0.15, 0.2) is 84.9 Å². The number of rotatable bonds is 2. The molecule has 0 amide bonds. The van der Waals surface area contributed by atoms with E-state index in [1.807, 2.05) is 48.5 Å². The molecule has 13 heteroatoms. The summed E-state index contributed by atoms with van der Waals surface area (Å²) in [5.41, 5.74) is 3.70. The van der Waals surface area contributed by atoms with Gasteiger partial charge in [-0.25, -0.2) is 19.6 Å². The SMILES string of the molecule is O=C(O)c1ccc2c(c1)-c1nc-2nc2[n-]c(nc3nc(nc4[n-]c(n1)c1ccccc41)-c1ccc(C(=O)O)cc1-3)c1ccccc21.[Co]. The molecule has 7 aromatic rings. The number of hydrogen-bond donors (Lipinski definition) is 2. The third-order valence-corrected chi connectivity index (χ3v) is 8.01. The Labute approximate surface area is 273 Å². The molecule has 0 saturated carbocycles. The van der Waals surface area contributed by atoms with Crippen molar-refractivity contribution in [3.63, 3.8) is 0 Å². The number of carboxylic acid groups (broad SMARTS) is 2. The molecule has 0 spiro atoms. The van der Waals surface area contributed by atoms with E-state index in [1.54, 1.807) is 12.1 Å². The summed E-state index contributed by atoms with van der Waals surface area (Å²) >= 11 is 0. The maximum Gasteiger partial charge on any atom is 0.335 e. The van der Waals surface area contributed by atoms with Crippen LogP contribution < -0.4 is 9.97 Å². The predicted molar refractivity (Wildman–Crippen MR) is 168 cm³/mol. The second-order valence-corrected chi connectivity index (χ2v) is 10.7. The van der Waals surface area contributed by atoms with Gasteiger partial charge in [0.15, 0.2) is 0 Å². The van der Waals surface area contributed by atoms with Gasteiger partial charge >= 0.3 is 11.9 Å². The molecule has 0 atom stereocenters. The Morgan fingerprint density at radius 1 is 0.447 bits per heavy atom. The van der Waals surface area contributed by atoms with Crippen molar-refractivity contribution in [1.29, 1.82) is 0 Å². The Kier molecular flexibility index (Phi) is 6.22. The Morgan fingerprint density at radius 3 is 1.09 bits per heavy atom. The van der Waals surface area contributed by atoms with E-state index in [1.165, 1.54) is 24.3 Å². The van der Waals surface area contributed by atoms with E-state index in [0.29, 0.717) is 78.0 Å². The van der Waals surface area contributed by atoms with Crippen molar-refractivity contribution >= 4 is 56.1 Å². The van der Waals surface area contributed by atoms with E-state index in [2.05, 4.69) is 0 Å². The summed E-state index contributed by atoms with van der Waals surface area (Å²) in [5.74, 6) is -1.05. The van der Waals surface area contributed by atoms with Gasteiger partial charge in [0.05, 0.1) is 34.4 Å². The summed E-state index contributed by atoms with van der Waals surface area (Å²) in [5, 5.41) is 22.3. The molecule has 2 aliphatic rings. The van der Waals surface area contributed by atoms with Gasteiger partial charge in [-0.05, 0) is 45.8 Å². The molecule has 0 saturated heterocycles. The first-order valence-corrected chi connectivity index (χ1v) is 14.1. The fourth-order valence-electron chi connectivity index (χ4n) is 5.83. The largest absolute Gasteiger partial charge is 0.478 e. The molecule has 0 aliphatic carbocycles. The van der Waals surface area contributed by atoms with Gasteiger partial charge in [0, 0.05) is 61.6 Å². The Balaban J connectivity index is 0.00000324. The normalized spacial score (nSPS) is 11.6. The number of carboxylic acids is 2. The van der Waals surface area contributed by atoms with Crippen LogP contribution in [0.4, 0.5) is 0 Å². The molecule has 2 N–H and O–H groups in total. The van der Waals surface area contributed by atoms with Gasteiger partial charge in [0.1, 0.15) is 0 Å². The molecule has 1 radical (unpaired) electrons. The molecule has 8 bridgehead atoms. The third kappa shape index (κ3) is 4.36. The first-order valence-electron chi connectivity index (χ1n) is 14.1. The van der Waals surface area contributed by atoms with Gasteiger partial charge in [-0.1, -0.05) is 60.7 Å². The Morgan fingerprint density at radius 2 is 0.766 bits per heavy atom. The predicted octanol–water partition coefficient (Wildman–Crippen LogP) is 5.52. The third-order valence-electron chi connectivity index (χ3n) is 8.01. The van der Waals surface area contributed by atoms with Crippen LogP contribution in [0.3, 0.4) is 0 Å². The van der Waals surface area contributed by atoms with Gasteiger partial charge < -0.3 is 40.1 Å². The van der Waals surface area contributed by atoms with E-state index in [9.17, 15) is 19.8 Å². The summed E-state index contributed by atoms with van der Waals surface area (Å²) in [4.78, 5) is 62.1. The number of aromatic carboxylic acids is 2. The van der Waals surface area contributed by atoms with Crippen molar-refractivity contribution in [3.05, 3.63) is 96.1 Å². The van der Waals surface area contributed by atoms with Gasteiger partial charge in [0.2, 0.25) is 0 Å². The van der Waals surface area contributed by atoms with Crippen molar-refractivity contribution in [2.45, 2.75) is 0 Å². The summed E-state index contributed by atoms with van der Waals surface area (Å²) in [7, 11) is 0. The quantitative estimate of drug-likeness (QED) is 0.238. The van der Waals surface area contributed by atoms with Crippen molar-refractivity contribution in [2.24, 2.45) is 0 Å². The number of benzene rings is 4. The van der Waals surface area contributed by atoms with Gasteiger partial charge in [-0.2, -0.15) is 0 Å². The van der Waals surface area contributed by atoms with E-state index >= 15 is 0 Å². The van der Waals surface area contributed by atoms with Crippen molar-refractivity contribution in [2.75, 3.05) is 0 Å². The first-order chi connectivity index (χ1) is 22.4. The fraction of sp³-hybridized carbons (Fsp3) is 0. The molecule has 9 rings (SSSR count). The molecule has 0 fully saturated rings. The van der Waals surface area contributed by atoms with Crippen LogP contribution in [0.25, 0.3) is 89.7 Å². The van der Waals surface area contributed by atoms with Crippen LogP contribution in [0.2, 0.25) is 0 Å². The Hall–Kier alpha value is -6.31. The maximum absolute atomic E-state index is 11.9. The molecule has 12 nitrogen and oxygen atoms in total. The summed E-state index contributed by atoms with van der Waals surface area (Å²) in [6.07, 6.45) is 0. The second kappa shape index (κ2) is 10.4. The smallest absolute Gasteiger partial charge is 0.335 e. The van der Waals surface area contributed by atoms with Crippen LogP contribution in [0.1, 0.15) is 20.7 Å². The van der Waals surface area contributed by atoms with Gasteiger partial charge in [0.25, 0.3) is 0 Å². The molecule has 5 heterocycles. The van der Waals surface area contributed by atoms with Crippen molar-refractivity contribution in [1.82, 2.24) is 39.9 Å². The van der Waals surface area contributed by atoms with Crippen LogP contribution in [0.5, 0.6) is 0 Å². The minimum atomic E-state index is -1.08. The number of aromatic nitrogens is 8. The van der Waals surface area contributed by atoms with Crippen LogP contribution in [-0.4, -0.2) is 52.1 Å². The molecule has 3 aromatic heterocycles. The zero-order chi connectivity index (χ0) is 31.1. The Bertz CT molecular complexity index is 2500. The average molecular weight is 659 g/mol. The first kappa shape index (κ1) is 28.2.